The molecule has 1 heterocycles. The number of hydrogen-bond donors (Lipinski definition) is 2. The Kier molecular flexibility index (Phi) is 7.40. The molecule has 1 aliphatic rings. The van der Waals surface area contributed by atoms with Crippen molar-refractivity contribution in [2.45, 2.75) is 38.9 Å². The highest BCUT2D eigenvalue weighted by atomic mass is 35.5. The van der Waals surface area contributed by atoms with Crippen molar-refractivity contribution < 1.29 is 4.79 Å². The number of benzene rings is 2. The first-order valence-corrected chi connectivity index (χ1v) is 10.5. The molecule has 2 aromatic carbocycles. The van der Waals surface area contributed by atoms with E-state index in [1.165, 1.54) is 0 Å². The van der Waals surface area contributed by atoms with Crippen LogP contribution >= 0.6 is 23.2 Å². The summed E-state index contributed by atoms with van der Waals surface area (Å²) in [6, 6.07) is 13.8. The lowest BCUT2D eigenvalue weighted by atomic mass is 10.1. The van der Waals surface area contributed by atoms with Crippen LogP contribution in [0.5, 0.6) is 0 Å². The predicted octanol–water partition coefficient (Wildman–Crippen LogP) is 4.54. The molecule has 2 N–H and O–H groups in total. The molecule has 5 nitrogen and oxygen atoms in total. The molecule has 3 rings (SSSR count). The number of nitrogens with one attached hydrogen (secondary N) is 2. The molecule has 1 amide bonds. The molecule has 1 unspecified atom stereocenters. The van der Waals surface area contributed by atoms with Gasteiger partial charge in [-0.25, -0.2) is 0 Å². The smallest absolute Gasteiger partial charge is 0.222 e. The van der Waals surface area contributed by atoms with E-state index in [4.69, 9.17) is 23.2 Å². The van der Waals surface area contributed by atoms with Crippen LogP contribution < -0.4 is 10.6 Å². The van der Waals surface area contributed by atoms with E-state index in [9.17, 15) is 4.79 Å². The Hall–Kier alpha value is -2.24. The summed E-state index contributed by atoms with van der Waals surface area (Å²) in [4.78, 5) is 18.0. The van der Waals surface area contributed by atoms with Crippen LogP contribution in [0, 0.1) is 0 Å². The average molecular weight is 433 g/mol. The summed E-state index contributed by atoms with van der Waals surface area (Å²) in [5.74, 6) is 0.941. The topological polar surface area (TPSA) is 56.7 Å². The molecule has 0 aromatic heterocycles. The van der Waals surface area contributed by atoms with Crippen LogP contribution in [0.2, 0.25) is 10.0 Å². The Morgan fingerprint density at radius 2 is 1.90 bits per heavy atom. The molecule has 1 fully saturated rings. The number of nitrogens with zero attached hydrogens (tertiary/aromatic N) is 2. The number of aliphatic imine (C=N–C) groups is 1. The Morgan fingerprint density at radius 3 is 2.52 bits per heavy atom. The maximum Gasteiger partial charge on any atom is 0.222 e. The SMILES string of the molecule is CN=C(NCc1ccc(CN2CCCC2=O)cc1)NC(C)c1ccc(Cl)cc1Cl. The van der Waals surface area contributed by atoms with Gasteiger partial charge in [0.1, 0.15) is 0 Å². The molecule has 1 aliphatic heterocycles. The second kappa shape index (κ2) is 9.99. The van der Waals surface area contributed by atoms with Gasteiger partial charge in [-0.3, -0.25) is 9.79 Å². The molecule has 154 valence electrons. The van der Waals surface area contributed by atoms with E-state index in [-0.39, 0.29) is 11.9 Å². The number of halogens is 2. The summed E-state index contributed by atoms with van der Waals surface area (Å²) in [6.07, 6.45) is 1.64. The predicted molar refractivity (Wildman–Crippen MR) is 119 cm³/mol. The average Bonchev–Trinajstić information content (AvgIpc) is 3.10. The maximum atomic E-state index is 11.8. The van der Waals surface area contributed by atoms with Crippen molar-refractivity contribution in [1.29, 1.82) is 0 Å². The summed E-state index contributed by atoms with van der Waals surface area (Å²) >= 11 is 12.3. The lowest BCUT2D eigenvalue weighted by molar-refractivity contribution is -0.128. The minimum atomic E-state index is -0.0219. The minimum Gasteiger partial charge on any atom is -0.352 e. The second-order valence-corrected chi connectivity index (χ2v) is 8.04. The van der Waals surface area contributed by atoms with Crippen molar-refractivity contribution in [2.75, 3.05) is 13.6 Å². The minimum absolute atomic E-state index is 0.0219. The van der Waals surface area contributed by atoms with E-state index in [1.807, 2.05) is 24.0 Å². The maximum absolute atomic E-state index is 11.8. The van der Waals surface area contributed by atoms with Gasteiger partial charge in [-0.05, 0) is 42.2 Å². The number of carbonyl (C=O) groups is 1. The zero-order chi connectivity index (χ0) is 20.8. The Bertz CT molecular complexity index is 883. The summed E-state index contributed by atoms with van der Waals surface area (Å²) in [5.41, 5.74) is 3.25. The molecule has 0 aliphatic carbocycles. The van der Waals surface area contributed by atoms with Gasteiger partial charge in [0.2, 0.25) is 5.91 Å². The third-order valence-electron chi connectivity index (χ3n) is 5.03. The zero-order valence-electron chi connectivity index (χ0n) is 16.7. The van der Waals surface area contributed by atoms with Crippen LogP contribution in [0.15, 0.2) is 47.5 Å². The number of carbonyl (C=O) groups excluding carboxylic acids is 1. The number of hydrogen-bond acceptors (Lipinski definition) is 2. The Labute approximate surface area is 182 Å². The van der Waals surface area contributed by atoms with Crippen LogP contribution in [-0.4, -0.2) is 30.4 Å². The van der Waals surface area contributed by atoms with E-state index in [0.29, 0.717) is 35.5 Å². The van der Waals surface area contributed by atoms with Gasteiger partial charge in [-0.2, -0.15) is 0 Å². The second-order valence-electron chi connectivity index (χ2n) is 7.19. The van der Waals surface area contributed by atoms with E-state index >= 15 is 0 Å². The third kappa shape index (κ3) is 5.87. The monoisotopic (exact) mass is 432 g/mol. The molecule has 7 heteroatoms. The normalized spacial score (nSPS) is 15.5. The Balaban J connectivity index is 1.53. The lowest BCUT2D eigenvalue weighted by Crippen LogP contribution is -2.38. The molecule has 29 heavy (non-hydrogen) atoms. The first-order chi connectivity index (χ1) is 14.0. The molecular formula is C22H26Cl2N4O. The molecule has 0 spiro atoms. The zero-order valence-corrected chi connectivity index (χ0v) is 18.2. The van der Waals surface area contributed by atoms with Crippen LogP contribution in [-0.2, 0) is 17.9 Å². The van der Waals surface area contributed by atoms with Crippen molar-refractivity contribution in [2.24, 2.45) is 4.99 Å². The number of guanidine groups is 1. The quantitative estimate of drug-likeness (QED) is 0.520. The summed E-state index contributed by atoms with van der Waals surface area (Å²) in [6.45, 7) is 4.22. The standard InChI is InChI=1S/C22H26Cl2N4O/c1-15(19-10-9-18(23)12-20(19)24)27-22(25-2)26-13-16-5-7-17(8-6-16)14-28-11-3-4-21(28)29/h5-10,12,15H,3-4,11,13-14H2,1-2H3,(H2,25,26,27). The summed E-state index contributed by atoms with van der Waals surface area (Å²) < 4.78 is 0. The molecule has 2 aromatic rings. The summed E-state index contributed by atoms with van der Waals surface area (Å²) in [7, 11) is 1.74. The van der Waals surface area contributed by atoms with E-state index in [2.05, 4.69) is 39.9 Å². The fourth-order valence-corrected chi connectivity index (χ4v) is 3.94. The molecule has 0 saturated carbocycles. The molecule has 0 radical (unpaired) electrons. The highest BCUT2D eigenvalue weighted by molar-refractivity contribution is 6.35. The third-order valence-corrected chi connectivity index (χ3v) is 5.60. The lowest BCUT2D eigenvalue weighted by Gasteiger charge is -2.19. The van der Waals surface area contributed by atoms with E-state index in [1.54, 1.807) is 13.1 Å². The van der Waals surface area contributed by atoms with Gasteiger partial charge in [-0.15, -0.1) is 0 Å². The first kappa shape index (κ1) is 21.5. The van der Waals surface area contributed by atoms with Crippen LogP contribution in [0.1, 0.15) is 42.5 Å². The van der Waals surface area contributed by atoms with Gasteiger partial charge >= 0.3 is 0 Å². The van der Waals surface area contributed by atoms with Gasteiger partial charge in [0.15, 0.2) is 5.96 Å². The van der Waals surface area contributed by atoms with Crippen molar-refractivity contribution in [3.05, 3.63) is 69.2 Å². The number of likely N-dealkylation sites (tertiary alicyclic amines) is 1. The fraction of sp³-hybridized carbons (Fsp3) is 0.364. The highest BCUT2D eigenvalue weighted by Gasteiger charge is 2.19. The van der Waals surface area contributed by atoms with Gasteiger partial charge in [0, 0.05) is 43.1 Å². The largest absolute Gasteiger partial charge is 0.352 e. The molecule has 1 saturated heterocycles. The van der Waals surface area contributed by atoms with Crippen molar-refractivity contribution in [1.82, 2.24) is 15.5 Å². The van der Waals surface area contributed by atoms with Crippen LogP contribution in [0.4, 0.5) is 0 Å². The highest BCUT2D eigenvalue weighted by Crippen LogP contribution is 2.26. The molecule has 0 bridgehead atoms. The number of amides is 1. The summed E-state index contributed by atoms with van der Waals surface area (Å²) in [5, 5.41) is 7.91. The van der Waals surface area contributed by atoms with Gasteiger partial charge in [0.05, 0.1) is 6.04 Å². The molecule has 1 atom stereocenters. The van der Waals surface area contributed by atoms with Gasteiger partial charge in [-0.1, -0.05) is 53.5 Å². The van der Waals surface area contributed by atoms with Crippen LogP contribution in [0.25, 0.3) is 0 Å². The van der Waals surface area contributed by atoms with Crippen molar-refractivity contribution in [3.63, 3.8) is 0 Å². The van der Waals surface area contributed by atoms with Gasteiger partial charge in [0.25, 0.3) is 0 Å². The van der Waals surface area contributed by atoms with Gasteiger partial charge < -0.3 is 15.5 Å². The fourth-order valence-electron chi connectivity index (χ4n) is 3.37. The van der Waals surface area contributed by atoms with E-state index < -0.39 is 0 Å². The molecular weight excluding hydrogens is 407 g/mol. The first-order valence-electron chi connectivity index (χ1n) is 9.74. The van der Waals surface area contributed by atoms with Crippen molar-refractivity contribution in [3.8, 4) is 0 Å². The van der Waals surface area contributed by atoms with Crippen LogP contribution in [0.3, 0.4) is 0 Å². The van der Waals surface area contributed by atoms with Crippen molar-refractivity contribution >= 4 is 35.1 Å². The number of rotatable bonds is 6. The van der Waals surface area contributed by atoms with E-state index in [0.717, 1.165) is 29.7 Å². The Morgan fingerprint density at radius 1 is 1.17 bits per heavy atom.